The number of imidazole rings is 1. The molecule has 1 heterocycles. The molecule has 86 valence electrons. The van der Waals surface area contributed by atoms with E-state index in [2.05, 4.69) is 16.0 Å². The molecule has 1 aromatic carbocycles. The summed E-state index contributed by atoms with van der Waals surface area (Å²) in [5.74, 6) is 1.61. The van der Waals surface area contributed by atoms with Crippen molar-refractivity contribution in [2.75, 3.05) is 17.5 Å². The highest BCUT2D eigenvalue weighted by Crippen LogP contribution is 2.23. The fourth-order valence-electron chi connectivity index (χ4n) is 1.90. The lowest BCUT2D eigenvalue weighted by molar-refractivity contribution is 1.06. The van der Waals surface area contributed by atoms with Gasteiger partial charge in [-0.25, -0.2) is 4.98 Å². The second kappa shape index (κ2) is 4.93. The standard InChI is InChI=1S/C11H13Cl2N3/c12-5-3-7-1-2-9-10(8(7)4-6-13)16-11(14)15-9/h1-2H,3-6H2,(H3,14,15,16). The lowest BCUT2D eigenvalue weighted by Gasteiger charge is -2.07. The molecule has 0 fully saturated rings. The van der Waals surface area contributed by atoms with Gasteiger partial charge in [0.05, 0.1) is 11.0 Å². The normalized spacial score (nSPS) is 11.1. The number of nitrogens with two attached hydrogens (primary N) is 1. The van der Waals surface area contributed by atoms with Crippen molar-refractivity contribution in [2.24, 2.45) is 0 Å². The van der Waals surface area contributed by atoms with Gasteiger partial charge in [0.15, 0.2) is 5.95 Å². The molecule has 0 atom stereocenters. The van der Waals surface area contributed by atoms with Crippen molar-refractivity contribution in [1.29, 1.82) is 0 Å². The second-order valence-electron chi connectivity index (χ2n) is 3.60. The molecule has 0 aliphatic heterocycles. The zero-order chi connectivity index (χ0) is 11.5. The minimum Gasteiger partial charge on any atom is -0.369 e. The van der Waals surface area contributed by atoms with Crippen LogP contribution in [0.25, 0.3) is 11.0 Å². The van der Waals surface area contributed by atoms with Crippen LogP contribution in [0.1, 0.15) is 11.1 Å². The molecule has 0 amide bonds. The Morgan fingerprint density at radius 3 is 2.62 bits per heavy atom. The first-order valence-electron chi connectivity index (χ1n) is 5.14. The average molecular weight is 258 g/mol. The molecule has 16 heavy (non-hydrogen) atoms. The number of benzene rings is 1. The summed E-state index contributed by atoms with van der Waals surface area (Å²) in [4.78, 5) is 7.31. The van der Waals surface area contributed by atoms with E-state index < -0.39 is 0 Å². The van der Waals surface area contributed by atoms with Crippen LogP contribution in [0.4, 0.5) is 5.95 Å². The molecule has 0 spiro atoms. The number of alkyl halides is 2. The van der Waals surface area contributed by atoms with Crippen molar-refractivity contribution in [3.63, 3.8) is 0 Å². The van der Waals surface area contributed by atoms with Gasteiger partial charge in [-0.05, 0) is 30.0 Å². The Morgan fingerprint density at radius 2 is 1.94 bits per heavy atom. The van der Waals surface area contributed by atoms with E-state index in [1.807, 2.05) is 6.07 Å². The highest BCUT2D eigenvalue weighted by Gasteiger charge is 2.10. The third kappa shape index (κ3) is 2.11. The van der Waals surface area contributed by atoms with Crippen LogP contribution in [-0.2, 0) is 12.8 Å². The number of nitrogen functional groups attached to an aromatic ring is 1. The van der Waals surface area contributed by atoms with Crippen LogP contribution < -0.4 is 5.73 Å². The second-order valence-corrected chi connectivity index (χ2v) is 4.36. The number of aryl methyl sites for hydroxylation is 2. The minimum atomic E-state index is 0.439. The van der Waals surface area contributed by atoms with Crippen molar-refractivity contribution in [1.82, 2.24) is 9.97 Å². The maximum Gasteiger partial charge on any atom is 0.198 e. The quantitative estimate of drug-likeness (QED) is 0.828. The summed E-state index contributed by atoms with van der Waals surface area (Å²) in [6.45, 7) is 0. The highest BCUT2D eigenvalue weighted by molar-refractivity contribution is 6.18. The topological polar surface area (TPSA) is 54.7 Å². The zero-order valence-electron chi connectivity index (χ0n) is 8.76. The number of hydrogen-bond acceptors (Lipinski definition) is 2. The number of halogens is 2. The Labute approximate surface area is 104 Å². The molecule has 5 heteroatoms. The van der Waals surface area contributed by atoms with Gasteiger partial charge in [-0.2, -0.15) is 0 Å². The van der Waals surface area contributed by atoms with E-state index in [1.54, 1.807) is 0 Å². The molecule has 0 radical (unpaired) electrons. The fraction of sp³-hybridized carbons (Fsp3) is 0.364. The van der Waals surface area contributed by atoms with E-state index in [9.17, 15) is 0 Å². The van der Waals surface area contributed by atoms with E-state index in [4.69, 9.17) is 28.9 Å². The summed E-state index contributed by atoms with van der Waals surface area (Å²) in [7, 11) is 0. The molecule has 0 aliphatic rings. The van der Waals surface area contributed by atoms with Gasteiger partial charge in [0.2, 0.25) is 0 Å². The van der Waals surface area contributed by atoms with Crippen molar-refractivity contribution in [2.45, 2.75) is 12.8 Å². The molecule has 0 bridgehead atoms. The molecule has 3 nitrogen and oxygen atoms in total. The first-order valence-corrected chi connectivity index (χ1v) is 6.21. The van der Waals surface area contributed by atoms with E-state index in [-0.39, 0.29) is 0 Å². The molecule has 1 aromatic heterocycles. The number of H-pyrrole nitrogens is 1. The van der Waals surface area contributed by atoms with Crippen LogP contribution in [0.2, 0.25) is 0 Å². The summed E-state index contributed by atoms with van der Waals surface area (Å²) in [6.07, 6.45) is 1.62. The third-order valence-corrected chi connectivity index (χ3v) is 2.96. The molecule has 2 aromatic rings. The summed E-state index contributed by atoms with van der Waals surface area (Å²) >= 11 is 11.6. The number of anilines is 1. The zero-order valence-corrected chi connectivity index (χ0v) is 10.3. The molecule has 0 aliphatic carbocycles. The summed E-state index contributed by atoms with van der Waals surface area (Å²) in [5, 5.41) is 0. The summed E-state index contributed by atoms with van der Waals surface area (Å²) in [6, 6.07) is 4.04. The van der Waals surface area contributed by atoms with Gasteiger partial charge in [0.25, 0.3) is 0 Å². The van der Waals surface area contributed by atoms with Gasteiger partial charge < -0.3 is 10.7 Å². The minimum absolute atomic E-state index is 0.439. The first-order chi connectivity index (χ1) is 7.76. The number of nitrogens with zero attached hydrogens (tertiary/aromatic N) is 1. The Morgan fingerprint density at radius 1 is 1.19 bits per heavy atom. The van der Waals surface area contributed by atoms with Crippen LogP contribution in [0.3, 0.4) is 0 Å². The van der Waals surface area contributed by atoms with Crippen LogP contribution in [0, 0.1) is 0 Å². The van der Waals surface area contributed by atoms with Crippen LogP contribution in [0.15, 0.2) is 12.1 Å². The highest BCUT2D eigenvalue weighted by atomic mass is 35.5. The van der Waals surface area contributed by atoms with E-state index in [1.165, 1.54) is 5.56 Å². The molecular weight excluding hydrogens is 245 g/mol. The van der Waals surface area contributed by atoms with Gasteiger partial charge in [-0.15, -0.1) is 23.2 Å². The maximum absolute atomic E-state index is 5.81. The van der Waals surface area contributed by atoms with Crippen molar-refractivity contribution < 1.29 is 0 Å². The Bertz CT molecular complexity index is 493. The third-order valence-electron chi connectivity index (χ3n) is 2.58. The summed E-state index contributed by atoms with van der Waals surface area (Å²) < 4.78 is 0. The number of hydrogen-bond donors (Lipinski definition) is 2. The predicted octanol–water partition coefficient (Wildman–Crippen LogP) is 2.71. The number of aromatic nitrogens is 2. The van der Waals surface area contributed by atoms with Crippen molar-refractivity contribution in [3.05, 3.63) is 23.3 Å². The lowest BCUT2D eigenvalue weighted by atomic mass is 10.0. The molecule has 0 saturated carbocycles. The molecule has 2 rings (SSSR count). The van der Waals surface area contributed by atoms with Gasteiger partial charge >= 0.3 is 0 Å². The largest absolute Gasteiger partial charge is 0.369 e. The van der Waals surface area contributed by atoms with Gasteiger partial charge in [-0.1, -0.05) is 6.07 Å². The number of nitrogens with one attached hydrogen (secondary N) is 1. The van der Waals surface area contributed by atoms with Crippen LogP contribution in [0.5, 0.6) is 0 Å². The molecule has 3 N–H and O–H groups in total. The van der Waals surface area contributed by atoms with Crippen molar-refractivity contribution in [3.8, 4) is 0 Å². The van der Waals surface area contributed by atoms with E-state index in [0.717, 1.165) is 29.4 Å². The van der Waals surface area contributed by atoms with Gasteiger partial charge in [0.1, 0.15) is 0 Å². The lowest BCUT2D eigenvalue weighted by Crippen LogP contribution is -1.98. The van der Waals surface area contributed by atoms with Crippen molar-refractivity contribution >= 4 is 40.2 Å². The van der Waals surface area contributed by atoms with E-state index >= 15 is 0 Å². The number of fused-ring (bicyclic) bond motifs is 1. The van der Waals surface area contributed by atoms with Gasteiger partial charge in [0, 0.05) is 11.8 Å². The van der Waals surface area contributed by atoms with Gasteiger partial charge in [-0.3, -0.25) is 0 Å². The number of rotatable bonds is 4. The Kier molecular flexibility index (Phi) is 3.56. The Hall–Kier alpha value is -0.930. The SMILES string of the molecule is Nc1nc2c(CCCl)c(CCCl)ccc2[nH]1. The Balaban J connectivity index is 2.58. The van der Waals surface area contributed by atoms with Crippen LogP contribution >= 0.6 is 23.2 Å². The first kappa shape index (κ1) is 11.6. The van der Waals surface area contributed by atoms with Crippen LogP contribution in [-0.4, -0.2) is 21.7 Å². The van der Waals surface area contributed by atoms with E-state index in [0.29, 0.717) is 17.7 Å². The fourth-order valence-corrected chi connectivity index (χ4v) is 2.30. The molecule has 0 unspecified atom stereocenters. The predicted molar refractivity (Wildman–Crippen MR) is 69.4 cm³/mol. The average Bonchev–Trinajstić information content (AvgIpc) is 2.63. The summed E-state index contributed by atoms with van der Waals surface area (Å²) in [5.41, 5.74) is 9.88. The molecular formula is C11H13Cl2N3. The smallest absolute Gasteiger partial charge is 0.198 e. The molecule has 0 saturated heterocycles. The maximum atomic E-state index is 5.81. The monoisotopic (exact) mass is 257 g/mol. The number of aromatic amines is 1.